The molecule has 2 unspecified atom stereocenters. The van der Waals surface area contributed by atoms with Gasteiger partial charge in [-0.1, -0.05) is 30.3 Å². The summed E-state index contributed by atoms with van der Waals surface area (Å²) in [5, 5.41) is 10.5. The van der Waals surface area contributed by atoms with E-state index in [4.69, 9.17) is 9.72 Å². The maximum absolute atomic E-state index is 12.5. The normalized spacial score (nSPS) is 16.8. The first-order valence-electron chi connectivity index (χ1n) is 11.7. The Hall–Kier alpha value is -2.63. The molecule has 178 valence electrons. The highest BCUT2D eigenvalue weighted by molar-refractivity contribution is 7.84. The molecule has 7 heteroatoms. The van der Waals surface area contributed by atoms with Gasteiger partial charge in [-0.25, -0.2) is 13.9 Å². The average Bonchev–Trinajstić information content (AvgIpc) is 2.83. The van der Waals surface area contributed by atoms with E-state index in [1.54, 1.807) is 0 Å². The van der Waals surface area contributed by atoms with E-state index >= 15 is 0 Å². The van der Waals surface area contributed by atoms with Gasteiger partial charge < -0.3 is 4.74 Å². The molecule has 3 aromatic rings. The second-order valence-electron chi connectivity index (χ2n) is 9.74. The number of morpholine rings is 1. The molecule has 4 rings (SSSR count). The number of rotatable bonds is 6. The van der Waals surface area contributed by atoms with E-state index in [9.17, 15) is 9.47 Å². The summed E-state index contributed by atoms with van der Waals surface area (Å²) in [6.07, 6.45) is 0. The molecule has 1 aliphatic heterocycles. The van der Waals surface area contributed by atoms with Gasteiger partial charge in [-0.05, 0) is 57.0 Å². The number of nitriles is 1. The second-order valence-corrected chi connectivity index (χ2v) is 11.7. The molecule has 2 aromatic carbocycles. The topological polar surface area (TPSA) is 78.3 Å². The summed E-state index contributed by atoms with van der Waals surface area (Å²) in [4.78, 5) is 7.30. The van der Waals surface area contributed by atoms with Crippen LogP contribution in [-0.2, 0) is 22.3 Å². The quantitative estimate of drug-likeness (QED) is 0.557. The summed E-state index contributed by atoms with van der Waals surface area (Å²) in [7, 11) is -1.14. The molecule has 1 saturated heterocycles. The molecule has 0 spiro atoms. The molecular weight excluding hydrogens is 444 g/mol. The second kappa shape index (κ2) is 10.3. The van der Waals surface area contributed by atoms with Gasteiger partial charge in [0.05, 0.1) is 51.8 Å². The van der Waals surface area contributed by atoms with Gasteiger partial charge in [0.25, 0.3) is 0 Å². The van der Waals surface area contributed by atoms with Crippen molar-refractivity contribution in [2.75, 3.05) is 26.3 Å². The van der Waals surface area contributed by atoms with E-state index in [0.717, 1.165) is 60.6 Å². The highest BCUT2D eigenvalue weighted by Gasteiger charge is 2.22. The SMILES string of the molecule is CC(NS(=O)C(C)(C)C)c1ccc(-c2cc(CN3CCOCC3)c3ccc(C#N)cc3n2)cc1. The molecular formula is C27H32N4O2S. The molecule has 2 heterocycles. The highest BCUT2D eigenvalue weighted by Crippen LogP contribution is 2.28. The predicted octanol–water partition coefficient (Wildman–Crippen LogP) is 4.72. The molecule has 1 fully saturated rings. The lowest BCUT2D eigenvalue weighted by Crippen LogP contribution is -2.35. The van der Waals surface area contributed by atoms with Gasteiger partial charge in [0.15, 0.2) is 0 Å². The molecule has 1 N–H and O–H groups in total. The smallest absolute Gasteiger partial charge is 0.0992 e. The number of aromatic nitrogens is 1. The molecule has 0 amide bonds. The van der Waals surface area contributed by atoms with Crippen molar-refractivity contribution in [3.63, 3.8) is 0 Å². The van der Waals surface area contributed by atoms with Crippen LogP contribution in [0.5, 0.6) is 0 Å². The van der Waals surface area contributed by atoms with Crippen molar-refractivity contribution >= 4 is 21.9 Å². The molecule has 1 aliphatic rings. The average molecular weight is 477 g/mol. The molecule has 0 aliphatic carbocycles. The molecule has 0 radical (unpaired) electrons. The molecule has 1 aromatic heterocycles. The van der Waals surface area contributed by atoms with Crippen LogP contribution >= 0.6 is 0 Å². The maximum Gasteiger partial charge on any atom is 0.0992 e. The number of hydrogen-bond donors (Lipinski definition) is 1. The number of fused-ring (bicyclic) bond motifs is 1. The van der Waals surface area contributed by atoms with Gasteiger partial charge in [0.1, 0.15) is 0 Å². The molecule has 6 nitrogen and oxygen atoms in total. The van der Waals surface area contributed by atoms with Crippen molar-refractivity contribution in [2.45, 2.75) is 45.0 Å². The Morgan fingerprint density at radius 3 is 2.50 bits per heavy atom. The van der Waals surface area contributed by atoms with E-state index in [0.29, 0.717) is 5.56 Å². The first-order valence-corrected chi connectivity index (χ1v) is 12.8. The zero-order valence-electron chi connectivity index (χ0n) is 20.3. The summed E-state index contributed by atoms with van der Waals surface area (Å²) in [6.45, 7) is 12.0. The van der Waals surface area contributed by atoms with Crippen molar-refractivity contribution in [1.82, 2.24) is 14.6 Å². The first-order chi connectivity index (χ1) is 16.2. The fourth-order valence-electron chi connectivity index (χ4n) is 4.00. The van der Waals surface area contributed by atoms with Crippen LogP contribution in [0.25, 0.3) is 22.2 Å². The summed E-state index contributed by atoms with van der Waals surface area (Å²) < 4.78 is 20.9. The van der Waals surface area contributed by atoms with Crippen LogP contribution in [0.4, 0.5) is 0 Å². The Morgan fingerprint density at radius 1 is 1.15 bits per heavy atom. The number of ether oxygens (including phenoxy) is 1. The Balaban J connectivity index is 1.65. The maximum atomic E-state index is 12.5. The van der Waals surface area contributed by atoms with Crippen LogP contribution in [0.2, 0.25) is 0 Å². The number of nitrogens with zero attached hydrogens (tertiary/aromatic N) is 3. The Kier molecular flexibility index (Phi) is 7.44. The zero-order chi connectivity index (χ0) is 24.3. The lowest BCUT2D eigenvalue weighted by atomic mass is 10.0. The van der Waals surface area contributed by atoms with Crippen LogP contribution in [0.1, 0.15) is 50.4 Å². The van der Waals surface area contributed by atoms with E-state index in [1.807, 2.05) is 45.9 Å². The third-order valence-electron chi connectivity index (χ3n) is 6.07. The van der Waals surface area contributed by atoms with Crippen LogP contribution < -0.4 is 4.72 Å². The summed E-state index contributed by atoms with van der Waals surface area (Å²) in [5.74, 6) is 0. The number of benzene rings is 2. The van der Waals surface area contributed by atoms with Crippen LogP contribution in [0.3, 0.4) is 0 Å². The van der Waals surface area contributed by atoms with Gasteiger partial charge in [-0.15, -0.1) is 0 Å². The van der Waals surface area contributed by atoms with Gasteiger partial charge in [-0.3, -0.25) is 4.90 Å². The fourth-order valence-corrected chi connectivity index (χ4v) is 4.81. The van der Waals surface area contributed by atoms with Crippen molar-refractivity contribution in [3.05, 3.63) is 65.2 Å². The third-order valence-corrected chi connectivity index (χ3v) is 7.75. The van der Waals surface area contributed by atoms with Gasteiger partial charge in [-0.2, -0.15) is 5.26 Å². The van der Waals surface area contributed by atoms with Crippen LogP contribution in [-0.4, -0.2) is 45.1 Å². The van der Waals surface area contributed by atoms with E-state index in [2.05, 4.69) is 46.0 Å². The largest absolute Gasteiger partial charge is 0.379 e. The molecule has 0 saturated carbocycles. The van der Waals surface area contributed by atoms with E-state index in [-0.39, 0.29) is 10.8 Å². The molecule has 2 atom stereocenters. The third kappa shape index (κ3) is 5.70. The van der Waals surface area contributed by atoms with Crippen LogP contribution in [0.15, 0.2) is 48.5 Å². The Morgan fingerprint density at radius 2 is 1.85 bits per heavy atom. The number of pyridine rings is 1. The van der Waals surface area contributed by atoms with Gasteiger partial charge in [0, 0.05) is 36.6 Å². The summed E-state index contributed by atoms with van der Waals surface area (Å²) in [5.41, 5.74) is 5.61. The Labute approximate surface area is 204 Å². The Bertz CT molecular complexity index is 1220. The molecule has 34 heavy (non-hydrogen) atoms. The lowest BCUT2D eigenvalue weighted by Gasteiger charge is -2.27. The minimum atomic E-state index is -1.14. The molecule has 0 bridgehead atoms. The van der Waals surface area contributed by atoms with Crippen LogP contribution in [0, 0.1) is 11.3 Å². The summed E-state index contributed by atoms with van der Waals surface area (Å²) in [6, 6.07) is 18.3. The monoisotopic (exact) mass is 476 g/mol. The van der Waals surface area contributed by atoms with Crippen molar-refractivity contribution in [2.24, 2.45) is 0 Å². The standard InChI is InChI=1S/C27H32N4O2S/c1-19(30-34(32)27(2,3)4)21-6-8-22(9-7-21)25-16-23(18-31-11-13-33-14-12-31)24-10-5-20(17-28)15-26(24)29-25/h5-10,15-16,19,30H,11-14,18H2,1-4H3. The zero-order valence-corrected chi connectivity index (χ0v) is 21.1. The van der Waals surface area contributed by atoms with Gasteiger partial charge >= 0.3 is 0 Å². The lowest BCUT2D eigenvalue weighted by molar-refractivity contribution is 0.0344. The predicted molar refractivity (Wildman–Crippen MR) is 137 cm³/mol. The van der Waals surface area contributed by atoms with E-state index < -0.39 is 11.0 Å². The van der Waals surface area contributed by atoms with E-state index in [1.165, 1.54) is 5.56 Å². The highest BCUT2D eigenvalue weighted by atomic mass is 32.2. The van der Waals surface area contributed by atoms with Crippen molar-refractivity contribution in [3.8, 4) is 17.3 Å². The minimum Gasteiger partial charge on any atom is -0.379 e. The fraction of sp³-hybridized carbons (Fsp3) is 0.407. The van der Waals surface area contributed by atoms with Crippen molar-refractivity contribution in [1.29, 1.82) is 5.26 Å². The number of hydrogen-bond acceptors (Lipinski definition) is 5. The van der Waals surface area contributed by atoms with Crippen molar-refractivity contribution < 1.29 is 8.95 Å². The minimum absolute atomic E-state index is 0.0336. The number of nitrogens with one attached hydrogen (secondary N) is 1. The first kappa shape index (κ1) is 24.5. The summed E-state index contributed by atoms with van der Waals surface area (Å²) >= 11 is 0. The van der Waals surface area contributed by atoms with Gasteiger partial charge in [0.2, 0.25) is 0 Å².